The van der Waals surface area contributed by atoms with E-state index in [4.69, 9.17) is 10.5 Å². The Morgan fingerprint density at radius 3 is 2.52 bits per heavy atom. The molecule has 3 atom stereocenters. The standard InChI is InChI=1S/C16H33N3O2/c1-11(2)14(10-18-15(20)21-16(3,4)5)19-13-8-6-7-12(13)9-17/h11-14,19H,6-10,17H2,1-5H3,(H,18,20). The molecule has 1 saturated carbocycles. The van der Waals surface area contributed by atoms with Gasteiger partial charge >= 0.3 is 6.09 Å². The van der Waals surface area contributed by atoms with Gasteiger partial charge < -0.3 is 21.1 Å². The molecule has 1 aliphatic rings. The lowest BCUT2D eigenvalue weighted by molar-refractivity contribution is 0.0517. The summed E-state index contributed by atoms with van der Waals surface area (Å²) in [7, 11) is 0. The van der Waals surface area contributed by atoms with E-state index in [1.54, 1.807) is 0 Å². The van der Waals surface area contributed by atoms with E-state index in [0.29, 0.717) is 24.4 Å². The molecule has 0 aromatic rings. The van der Waals surface area contributed by atoms with Gasteiger partial charge in [0.25, 0.3) is 0 Å². The molecule has 0 aromatic heterocycles. The summed E-state index contributed by atoms with van der Waals surface area (Å²) in [6, 6.07) is 0.720. The van der Waals surface area contributed by atoms with E-state index < -0.39 is 5.60 Å². The molecule has 1 fully saturated rings. The van der Waals surface area contributed by atoms with Crippen LogP contribution in [0.15, 0.2) is 0 Å². The van der Waals surface area contributed by atoms with Crippen LogP contribution < -0.4 is 16.4 Å². The molecule has 5 heteroatoms. The van der Waals surface area contributed by atoms with Crippen LogP contribution in [-0.2, 0) is 4.74 Å². The average Bonchev–Trinajstić information content (AvgIpc) is 2.78. The van der Waals surface area contributed by atoms with Crippen molar-refractivity contribution in [3.05, 3.63) is 0 Å². The molecule has 0 spiro atoms. The minimum Gasteiger partial charge on any atom is -0.444 e. The molecule has 3 unspecified atom stereocenters. The fraction of sp³-hybridized carbons (Fsp3) is 0.938. The van der Waals surface area contributed by atoms with Gasteiger partial charge in [0, 0.05) is 18.6 Å². The van der Waals surface area contributed by atoms with Gasteiger partial charge in [-0.3, -0.25) is 0 Å². The lowest BCUT2D eigenvalue weighted by atomic mass is 9.99. The van der Waals surface area contributed by atoms with Crippen molar-refractivity contribution < 1.29 is 9.53 Å². The van der Waals surface area contributed by atoms with E-state index in [0.717, 1.165) is 6.54 Å². The Kier molecular flexibility index (Phi) is 6.94. The molecule has 124 valence electrons. The number of amides is 1. The summed E-state index contributed by atoms with van der Waals surface area (Å²) in [4.78, 5) is 11.8. The molecule has 0 aromatic carbocycles. The number of rotatable bonds is 6. The molecule has 1 aliphatic carbocycles. The third-order valence-corrected chi connectivity index (χ3v) is 4.06. The van der Waals surface area contributed by atoms with Crippen molar-refractivity contribution in [2.45, 2.75) is 71.6 Å². The smallest absolute Gasteiger partial charge is 0.407 e. The van der Waals surface area contributed by atoms with Crippen molar-refractivity contribution in [1.82, 2.24) is 10.6 Å². The van der Waals surface area contributed by atoms with Gasteiger partial charge in [0.2, 0.25) is 0 Å². The van der Waals surface area contributed by atoms with Crippen molar-refractivity contribution >= 4 is 6.09 Å². The van der Waals surface area contributed by atoms with Crippen molar-refractivity contribution in [3.63, 3.8) is 0 Å². The second kappa shape index (κ2) is 7.99. The van der Waals surface area contributed by atoms with E-state index in [1.165, 1.54) is 19.3 Å². The van der Waals surface area contributed by atoms with Crippen LogP contribution in [0.25, 0.3) is 0 Å². The van der Waals surface area contributed by atoms with E-state index in [1.807, 2.05) is 20.8 Å². The number of hydrogen-bond donors (Lipinski definition) is 3. The van der Waals surface area contributed by atoms with E-state index >= 15 is 0 Å². The lowest BCUT2D eigenvalue weighted by Crippen LogP contribution is -2.50. The molecule has 0 heterocycles. The molecule has 1 amide bonds. The number of ether oxygens (including phenoxy) is 1. The second-order valence-electron chi connectivity index (χ2n) is 7.43. The fourth-order valence-corrected chi connectivity index (χ4v) is 2.81. The van der Waals surface area contributed by atoms with Gasteiger partial charge in [0.15, 0.2) is 0 Å². The fourth-order valence-electron chi connectivity index (χ4n) is 2.81. The summed E-state index contributed by atoms with van der Waals surface area (Å²) in [6.45, 7) is 11.3. The molecule has 0 radical (unpaired) electrons. The van der Waals surface area contributed by atoms with Crippen LogP contribution in [0.2, 0.25) is 0 Å². The Labute approximate surface area is 129 Å². The summed E-state index contributed by atoms with van der Waals surface area (Å²) < 4.78 is 5.28. The van der Waals surface area contributed by atoms with Crippen molar-refractivity contribution in [3.8, 4) is 0 Å². The van der Waals surface area contributed by atoms with Crippen LogP contribution in [0.1, 0.15) is 53.9 Å². The van der Waals surface area contributed by atoms with Crippen LogP contribution in [0.5, 0.6) is 0 Å². The van der Waals surface area contributed by atoms with Crippen LogP contribution in [0.3, 0.4) is 0 Å². The van der Waals surface area contributed by atoms with E-state index in [9.17, 15) is 4.79 Å². The predicted octanol–water partition coefficient (Wildman–Crippen LogP) is 2.25. The van der Waals surface area contributed by atoms with Gasteiger partial charge in [-0.15, -0.1) is 0 Å². The monoisotopic (exact) mass is 299 g/mol. The van der Waals surface area contributed by atoms with Gasteiger partial charge in [0.1, 0.15) is 5.60 Å². The molecule has 4 N–H and O–H groups in total. The zero-order valence-electron chi connectivity index (χ0n) is 14.2. The highest BCUT2D eigenvalue weighted by molar-refractivity contribution is 5.67. The van der Waals surface area contributed by atoms with Gasteiger partial charge in [-0.25, -0.2) is 4.79 Å². The summed E-state index contributed by atoms with van der Waals surface area (Å²) >= 11 is 0. The number of nitrogens with one attached hydrogen (secondary N) is 2. The summed E-state index contributed by atoms with van der Waals surface area (Å²) in [5.41, 5.74) is 5.38. The summed E-state index contributed by atoms with van der Waals surface area (Å²) in [5.74, 6) is 1.01. The maximum atomic E-state index is 11.8. The average molecular weight is 299 g/mol. The van der Waals surface area contributed by atoms with Crippen molar-refractivity contribution in [1.29, 1.82) is 0 Å². The highest BCUT2D eigenvalue weighted by Gasteiger charge is 2.29. The number of hydrogen-bond acceptors (Lipinski definition) is 4. The first-order valence-corrected chi connectivity index (χ1v) is 8.16. The first-order chi connectivity index (χ1) is 9.73. The zero-order valence-corrected chi connectivity index (χ0v) is 14.2. The van der Waals surface area contributed by atoms with Gasteiger partial charge in [-0.1, -0.05) is 20.3 Å². The van der Waals surface area contributed by atoms with Crippen LogP contribution in [0, 0.1) is 11.8 Å². The molecule has 1 rings (SSSR count). The number of alkyl carbamates (subject to hydrolysis) is 1. The van der Waals surface area contributed by atoms with Gasteiger partial charge in [-0.2, -0.15) is 0 Å². The maximum Gasteiger partial charge on any atom is 0.407 e. The van der Waals surface area contributed by atoms with Gasteiger partial charge in [-0.05, 0) is 52.0 Å². The Morgan fingerprint density at radius 1 is 1.33 bits per heavy atom. The zero-order chi connectivity index (χ0) is 16.0. The Hall–Kier alpha value is -0.810. The summed E-state index contributed by atoms with van der Waals surface area (Å²) in [5, 5.41) is 6.56. The molecule has 0 bridgehead atoms. The number of carbonyl (C=O) groups excluding carboxylic acids is 1. The minimum absolute atomic E-state index is 0.245. The Bertz CT molecular complexity index is 326. The third kappa shape index (κ3) is 6.66. The Morgan fingerprint density at radius 2 is 2.00 bits per heavy atom. The highest BCUT2D eigenvalue weighted by Crippen LogP contribution is 2.25. The molecule has 0 saturated heterocycles. The predicted molar refractivity (Wildman–Crippen MR) is 86.2 cm³/mol. The molecule has 21 heavy (non-hydrogen) atoms. The molecule has 5 nitrogen and oxygen atoms in total. The lowest BCUT2D eigenvalue weighted by Gasteiger charge is -2.30. The highest BCUT2D eigenvalue weighted by atomic mass is 16.6. The topological polar surface area (TPSA) is 76.4 Å². The first-order valence-electron chi connectivity index (χ1n) is 8.16. The first kappa shape index (κ1) is 18.2. The van der Waals surface area contributed by atoms with Crippen LogP contribution in [-0.4, -0.2) is 36.9 Å². The van der Waals surface area contributed by atoms with Crippen LogP contribution in [0.4, 0.5) is 4.79 Å². The quantitative estimate of drug-likeness (QED) is 0.703. The molecular formula is C16H33N3O2. The molecule has 0 aliphatic heterocycles. The Balaban J connectivity index is 2.45. The molecular weight excluding hydrogens is 266 g/mol. The number of carbonyl (C=O) groups is 1. The van der Waals surface area contributed by atoms with Crippen molar-refractivity contribution in [2.24, 2.45) is 17.6 Å². The van der Waals surface area contributed by atoms with Crippen LogP contribution >= 0.6 is 0 Å². The largest absolute Gasteiger partial charge is 0.444 e. The number of nitrogens with two attached hydrogens (primary N) is 1. The normalized spacial score (nSPS) is 24.1. The SMILES string of the molecule is CC(C)C(CNC(=O)OC(C)(C)C)NC1CCCC1CN. The van der Waals surface area contributed by atoms with E-state index in [2.05, 4.69) is 24.5 Å². The van der Waals surface area contributed by atoms with Crippen molar-refractivity contribution in [2.75, 3.05) is 13.1 Å². The van der Waals surface area contributed by atoms with Gasteiger partial charge in [0.05, 0.1) is 0 Å². The third-order valence-electron chi connectivity index (χ3n) is 4.06. The maximum absolute atomic E-state index is 11.8. The second-order valence-corrected chi connectivity index (χ2v) is 7.43. The van der Waals surface area contributed by atoms with E-state index in [-0.39, 0.29) is 12.1 Å². The minimum atomic E-state index is -0.457. The summed E-state index contributed by atoms with van der Waals surface area (Å²) in [6.07, 6.45) is 3.27.